The Morgan fingerprint density at radius 2 is 2.13 bits per heavy atom. The van der Waals surface area contributed by atoms with Crippen molar-refractivity contribution in [1.82, 2.24) is 0 Å². The summed E-state index contributed by atoms with van der Waals surface area (Å²) in [6, 6.07) is 0. The Bertz CT molecular complexity index is 301. The average molecular weight is 216 g/mol. The number of ether oxygens (including phenoxy) is 2. The third kappa shape index (κ3) is 1.59. The molecule has 0 aromatic rings. The fourth-order valence-electron chi connectivity index (χ4n) is 2.24. The lowest BCUT2D eigenvalue weighted by atomic mass is 9.85. The number of carbonyl (C=O) groups is 2. The topological polar surface area (TPSA) is 93.1 Å². The Hall–Kier alpha value is -1.14. The van der Waals surface area contributed by atoms with Gasteiger partial charge in [-0.2, -0.15) is 0 Å². The molecule has 2 aliphatic heterocycles. The number of carboxylic acids is 1. The van der Waals surface area contributed by atoms with Crippen molar-refractivity contribution in [2.75, 3.05) is 0 Å². The van der Waals surface area contributed by atoms with Gasteiger partial charge in [-0.25, -0.2) is 0 Å². The van der Waals surface area contributed by atoms with E-state index in [4.69, 9.17) is 14.6 Å². The standard InChI is InChI=1S/C9H12O6/c1-3(10)14-8-6(11)5-2-4(9(12)13)7(8)15-5/h4-8,11H,2H2,1H3,(H,12,13)/t4?,5?,6?,7-,8-/m0/s1. The van der Waals surface area contributed by atoms with Crippen LogP contribution in [-0.4, -0.2) is 46.6 Å². The van der Waals surface area contributed by atoms with Gasteiger partial charge in [0.05, 0.1) is 12.0 Å². The number of aliphatic hydroxyl groups excluding tert-OH is 1. The predicted octanol–water partition coefficient (Wildman–Crippen LogP) is -0.849. The van der Waals surface area contributed by atoms with E-state index in [2.05, 4.69) is 0 Å². The van der Waals surface area contributed by atoms with Gasteiger partial charge < -0.3 is 19.7 Å². The highest BCUT2D eigenvalue weighted by Gasteiger charge is 2.57. The van der Waals surface area contributed by atoms with Gasteiger partial charge in [0.2, 0.25) is 0 Å². The normalized spacial score (nSPS) is 42.9. The van der Waals surface area contributed by atoms with E-state index >= 15 is 0 Å². The molecule has 2 bridgehead atoms. The predicted molar refractivity (Wildman–Crippen MR) is 46.0 cm³/mol. The number of carboxylic acid groups (broad SMARTS) is 1. The third-order valence-electron chi connectivity index (χ3n) is 2.88. The minimum absolute atomic E-state index is 0.277. The van der Waals surface area contributed by atoms with E-state index in [1.165, 1.54) is 6.92 Å². The first-order chi connectivity index (χ1) is 7.00. The monoisotopic (exact) mass is 216 g/mol. The number of esters is 1. The highest BCUT2D eigenvalue weighted by atomic mass is 16.6. The number of aliphatic carboxylic acids is 1. The van der Waals surface area contributed by atoms with Crippen LogP contribution >= 0.6 is 0 Å². The minimum atomic E-state index is -0.980. The molecule has 2 heterocycles. The summed E-state index contributed by atoms with van der Waals surface area (Å²) < 4.78 is 10.1. The largest absolute Gasteiger partial charge is 0.481 e. The van der Waals surface area contributed by atoms with E-state index < -0.39 is 42.3 Å². The van der Waals surface area contributed by atoms with Crippen molar-refractivity contribution in [2.24, 2.45) is 5.92 Å². The van der Waals surface area contributed by atoms with Crippen LogP contribution in [0.3, 0.4) is 0 Å². The number of hydrogen-bond donors (Lipinski definition) is 2. The maximum Gasteiger partial charge on any atom is 0.309 e. The molecule has 3 unspecified atom stereocenters. The molecule has 84 valence electrons. The molecule has 2 rings (SSSR count). The summed E-state index contributed by atoms with van der Waals surface area (Å²) in [6.07, 6.45) is -2.72. The molecule has 0 spiro atoms. The van der Waals surface area contributed by atoms with Gasteiger partial charge in [-0.1, -0.05) is 0 Å². The number of hydrogen-bond acceptors (Lipinski definition) is 5. The van der Waals surface area contributed by atoms with Crippen LogP contribution in [0.2, 0.25) is 0 Å². The maximum atomic E-state index is 10.8. The molecule has 0 aromatic heterocycles. The molecule has 0 aliphatic carbocycles. The van der Waals surface area contributed by atoms with Gasteiger partial charge in [0.15, 0.2) is 6.10 Å². The van der Waals surface area contributed by atoms with E-state index in [0.717, 1.165) is 0 Å². The Balaban J connectivity index is 2.12. The van der Waals surface area contributed by atoms with Crippen LogP contribution in [0.15, 0.2) is 0 Å². The summed E-state index contributed by atoms with van der Waals surface area (Å²) in [7, 11) is 0. The van der Waals surface area contributed by atoms with Crippen LogP contribution in [-0.2, 0) is 19.1 Å². The van der Waals surface area contributed by atoms with E-state index in [1.807, 2.05) is 0 Å². The van der Waals surface area contributed by atoms with Crippen molar-refractivity contribution < 1.29 is 29.3 Å². The Morgan fingerprint density at radius 3 is 2.60 bits per heavy atom. The lowest BCUT2D eigenvalue weighted by molar-refractivity contribution is -0.160. The Labute approximate surface area is 85.8 Å². The molecule has 2 N–H and O–H groups in total. The summed E-state index contributed by atoms with van der Waals surface area (Å²) in [4.78, 5) is 21.6. The second kappa shape index (κ2) is 3.46. The zero-order valence-corrected chi connectivity index (χ0v) is 8.12. The van der Waals surface area contributed by atoms with Gasteiger partial charge in [-0.3, -0.25) is 9.59 Å². The molecule has 0 saturated carbocycles. The van der Waals surface area contributed by atoms with Gasteiger partial charge >= 0.3 is 11.9 Å². The highest BCUT2D eigenvalue weighted by molar-refractivity contribution is 5.72. The quantitative estimate of drug-likeness (QED) is 0.584. The van der Waals surface area contributed by atoms with Crippen LogP contribution in [0.5, 0.6) is 0 Å². The smallest absolute Gasteiger partial charge is 0.309 e. The maximum absolute atomic E-state index is 10.8. The molecule has 0 amide bonds. The van der Waals surface area contributed by atoms with Gasteiger partial charge in [0.1, 0.15) is 12.2 Å². The van der Waals surface area contributed by atoms with Crippen molar-refractivity contribution in [1.29, 1.82) is 0 Å². The number of aliphatic hydroxyl groups is 1. The highest BCUT2D eigenvalue weighted by Crippen LogP contribution is 2.40. The second-order valence-electron chi connectivity index (χ2n) is 3.88. The lowest BCUT2D eigenvalue weighted by Crippen LogP contribution is -2.46. The van der Waals surface area contributed by atoms with Gasteiger partial charge in [-0.15, -0.1) is 0 Å². The Morgan fingerprint density at radius 1 is 1.47 bits per heavy atom. The minimum Gasteiger partial charge on any atom is -0.481 e. The molecular weight excluding hydrogens is 204 g/mol. The van der Waals surface area contributed by atoms with Crippen molar-refractivity contribution in [3.05, 3.63) is 0 Å². The van der Waals surface area contributed by atoms with Crippen LogP contribution in [0.25, 0.3) is 0 Å². The molecule has 0 radical (unpaired) electrons. The average Bonchev–Trinajstić information content (AvgIpc) is 2.66. The zero-order valence-electron chi connectivity index (χ0n) is 8.12. The summed E-state index contributed by atoms with van der Waals surface area (Å²) in [5.41, 5.74) is 0. The lowest BCUT2D eigenvalue weighted by Gasteiger charge is -2.26. The number of rotatable bonds is 2. The molecule has 5 atom stereocenters. The van der Waals surface area contributed by atoms with Crippen molar-refractivity contribution in [3.63, 3.8) is 0 Å². The van der Waals surface area contributed by atoms with Gasteiger partial charge in [0, 0.05) is 6.92 Å². The third-order valence-corrected chi connectivity index (χ3v) is 2.88. The molecule has 6 nitrogen and oxygen atoms in total. The molecule has 0 aromatic carbocycles. The van der Waals surface area contributed by atoms with Gasteiger partial charge in [-0.05, 0) is 6.42 Å². The zero-order chi connectivity index (χ0) is 11.2. The summed E-state index contributed by atoms with van der Waals surface area (Å²) >= 11 is 0. The molecule has 6 heteroatoms. The van der Waals surface area contributed by atoms with E-state index in [-0.39, 0.29) is 6.42 Å². The SMILES string of the molecule is CC(=O)O[C@H]1C(O)C2CC(C(=O)O)[C@@H]1O2. The van der Waals surface area contributed by atoms with Crippen LogP contribution in [0, 0.1) is 5.92 Å². The van der Waals surface area contributed by atoms with Crippen molar-refractivity contribution >= 4 is 11.9 Å². The molecule has 15 heavy (non-hydrogen) atoms. The summed E-state index contributed by atoms with van der Waals surface area (Å²) in [5, 5.41) is 18.5. The molecule has 2 fully saturated rings. The Kier molecular flexibility index (Phi) is 2.40. The van der Waals surface area contributed by atoms with E-state index in [0.29, 0.717) is 0 Å². The molecular formula is C9H12O6. The summed E-state index contributed by atoms with van der Waals surface area (Å²) in [6.45, 7) is 1.22. The van der Waals surface area contributed by atoms with E-state index in [9.17, 15) is 14.7 Å². The first-order valence-electron chi connectivity index (χ1n) is 4.74. The summed E-state index contributed by atoms with van der Waals surface area (Å²) in [5.74, 6) is -2.21. The van der Waals surface area contributed by atoms with E-state index in [1.54, 1.807) is 0 Å². The van der Waals surface area contributed by atoms with Crippen LogP contribution in [0.4, 0.5) is 0 Å². The fourth-order valence-corrected chi connectivity index (χ4v) is 2.24. The van der Waals surface area contributed by atoms with Crippen molar-refractivity contribution in [3.8, 4) is 0 Å². The van der Waals surface area contributed by atoms with Crippen molar-refractivity contribution in [2.45, 2.75) is 37.8 Å². The molecule has 2 aliphatic rings. The fraction of sp³-hybridized carbons (Fsp3) is 0.778. The molecule has 2 saturated heterocycles. The first-order valence-corrected chi connectivity index (χ1v) is 4.74. The van der Waals surface area contributed by atoms with Gasteiger partial charge in [0.25, 0.3) is 0 Å². The number of carbonyl (C=O) groups excluding carboxylic acids is 1. The van der Waals surface area contributed by atoms with Crippen LogP contribution in [0.1, 0.15) is 13.3 Å². The number of fused-ring (bicyclic) bond motifs is 2. The first kappa shape index (κ1) is 10.4. The van der Waals surface area contributed by atoms with Crippen LogP contribution < -0.4 is 0 Å². The second-order valence-corrected chi connectivity index (χ2v) is 3.88.